The Bertz CT molecular complexity index is 456. The third-order valence-electron chi connectivity index (χ3n) is 3.35. The fourth-order valence-corrected chi connectivity index (χ4v) is 2.15. The molecule has 0 spiro atoms. The summed E-state index contributed by atoms with van der Waals surface area (Å²) < 4.78 is 5.08. The number of methoxy groups -OCH3 is 1. The Morgan fingerprint density at radius 2 is 1.83 bits per heavy atom. The molecule has 0 N–H and O–H groups in total. The second kappa shape index (κ2) is 5.67. The molecule has 2 heteroatoms. The smallest absolute Gasteiger partial charge is 0.163 e. The number of ketones is 1. The Morgan fingerprint density at radius 1 is 1.22 bits per heavy atom. The minimum absolute atomic E-state index is 0.193. The fraction of sp³-hybridized carbons (Fsp3) is 0.312. The van der Waals surface area contributed by atoms with Crippen molar-refractivity contribution in [2.45, 2.75) is 13.3 Å². The molecule has 1 atom stereocenters. The maximum Gasteiger partial charge on any atom is 0.163 e. The van der Waals surface area contributed by atoms with Gasteiger partial charge in [-0.3, -0.25) is 4.79 Å². The van der Waals surface area contributed by atoms with Crippen molar-refractivity contribution in [3.8, 4) is 5.75 Å². The van der Waals surface area contributed by atoms with Crippen LogP contribution in [0.4, 0.5) is 0 Å². The highest BCUT2D eigenvalue weighted by atomic mass is 16.5. The van der Waals surface area contributed by atoms with Crippen molar-refractivity contribution in [1.29, 1.82) is 0 Å². The van der Waals surface area contributed by atoms with Gasteiger partial charge in [0.05, 0.1) is 7.11 Å². The SMILES string of the molecule is COc1ccc(C(=O)CC(C)C2C=CC=C2)cc1. The van der Waals surface area contributed by atoms with Gasteiger partial charge in [0.2, 0.25) is 0 Å². The van der Waals surface area contributed by atoms with Crippen molar-refractivity contribution in [2.75, 3.05) is 7.11 Å². The molecular formula is C16H18O2. The summed E-state index contributed by atoms with van der Waals surface area (Å²) in [6.07, 6.45) is 8.95. The lowest BCUT2D eigenvalue weighted by atomic mass is 9.89. The topological polar surface area (TPSA) is 26.3 Å². The molecule has 1 unspecified atom stereocenters. The Morgan fingerprint density at radius 3 is 2.39 bits per heavy atom. The first-order valence-corrected chi connectivity index (χ1v) is 6.23. The number of benzene rings is 1. The van der Waals surface area contributed by atoms with Gasteiger partial charge in [-0.2, -0.15) is 0 Å². The van der Waals surface area contributed by atoms with Crippen LogP contribution in [-0.2, 0) is 0 Å². The second-order valence-corrected chi connectivity index (χ2v) is 4.68. The van der Waals surface area contributed by atoms with E-state index < -0.39 is 0 Å². The molecule has 1 aliphatic rings. The van der Waals surface area contributed by atoms with E-state index in [0.29, 0.717) is 18.3 Å². The van der Waals surface area contributed by atoms with E-state index in [-0.39, 0.29) is 5.78 Å². The van der Waals surface area contributed by atoms with Crippen LogP contribution in [0.3, 0.4) is 0 Å². The average molecular weight is 242 g/mol. The highest BCUT2D eigenvalue weighted by Crippen LogP contribution is 2.24. The van der Waals surface area contributed by atoms with E-state index in [9.17, 15) is 4.79 Å². The number of carbonyl (C=O) groups excluding carboxylic acids is 1. The van der Waals surface area contributed by atoms with Crippen LogP contribution < -0.4 is 4.74 Å². The number of carbonyl (C=O) groups is 1. The normalized spacial score (nSPS) is 15.9. The van der Waals surface area contributed by atoms with Crippen LogP contribution in [0.2, 0.25) is 0 Å². The van der Waals surface area contributed by atoms with Gasteiger partial charge < -0.3 is 4.74 Å². The average Bonchev–Trinajstić information content (AvgIpc) is 2.92. The van der Waals surface area contributed by atoms with Gasteiger partial charge in [0, 0.05) is 12.0 Å². The van der Waals surface area contributed by atoms with Crippen LogP contribution in [0, 0.1) is 11.8 Å². The lowest BCUT2D eigenvalue weighted by Crippen LogP contribution is -2.12. The molecule has 94 valence electrons. The van der Waals surface area contributed by atoms with Gasteiger partial charge in [0.25, 0.3) is 0 Å². The van der Waals surface area contributed by atoms with Crippen molar-refractivity contribution in [2.24, 2.45) is 11.8 Å². The van der Waals surface area contributed by atoms with Gasteiger partial charge in [0.15, 0.2) is 5.78 Å². The van der Waals surface area contributed by atoms with Crippen LogP contribution in [0.15, 0.2) is 48.6 Å². The molecule has 0 heterocycles. The molecule has 1 aromatic carbocycles. The van der Waals surface area contributed by atoms with Gasteiger partial charge in [0.1, 0.15) is 5.75 Å². The van der Waals surface area contributed by atoms with E-state index in [0.717, 1.165) is 11.3 Å². The molecule has 1 aromatic rings. The van der Waals surface area contributed by atoms with E-state index in [4.69, 9.17) is 4.74 Å². The van der Waals surface area contributed by atoms with Gasteiger partial charge >= 0.3 is 0 Å². The zero-order valence-electron chi connectivity index (χ0n) is 10.8. The molecule has 0 fully saturated rings. The largest absolute Gasteiger partial charge is 0.497 e. The molecule has 2 nitrogen and oxygen atoms in total. The molecule has 0 amide bonds. The molecule has 0 saturated heterocycles. The summed E-state index contributed by atoms with van der Waals surface area (Å²) in [5.41, 5.74) is 0.758. The predicted molar refractivity (Wildman–Crippen MR) is 72.9 cm³/mol. The molecule has 18 heavy (non-hydrogen) atoms. The Kier molecular flexibility index (Phi) is 3.98. The van der Waals surface area contributed by atoms with Gasteiger partial charge in [-0.25, -0.2) is 0 Å². The molecule has 1 aliphatic carbocycles. The van der Waals surface area contributed by atoms with Crippen molar-refractivity contribution < 1.29 is 9.53 Å². The first-order valence-electron chi connectivity index (χ1n) is 6.23. The van der Waals surface area contributed by atoms with Crippen molar-refractivity contribution in [1.82, 2.24) is 0 Å². The Balaban J connectivity index is 1.98. The van der Waals surface area contributed by atoms with Gasteiger partial charge in [-0.15, -0.1) is 0 Å². The van der Waals surface area contributed by atoms with Crippen LogP contribution >= 0.6 is 0 Å². The number of rotatable bonds is 5. The molecule has 0 aromatic heterocycles. The fourth-order valence-electron chi connectivity index (χ4n) is 2.15. The van der Waals surface area contributed by atoms with Crippen LogP contribution in [0.5, 0.6) is 5.75 Å². The third kappa shape index (κ3) is 2.89. The lowest BCUT2D eigenvalue weighted by molar-refractivity contribution is 0.0959. The van der Waals surface area contributed by atoms with Crippen molar-refractivity contribution in [3.05, 3.63) is 54.1 Å². The zero-order chi connectivity index (χ0) is 13.0. The van der Waals surface area contributed by atoms with Crippen LogP contribution in [0.1, 0.15) is 23.7 Å². The first kappa shape index (κ1) is 12.6. The molecular weight excluding hydrogens is 224 g/mol. The highest BCUT2D eigenvalue weighted by Gasteiger charge is 2.18. The number of hydrogen-bond acceptors (Lipinski definition) is 2. The molecule has 0 saturated carbocycles. The highest BCUT2D eigenvalue weighted by molar-refractivity contribution is 5.96. The summed E-state index contributed by atoms with van der Waals surface area (Å²) in [7, 11) is 1.62. The van der Waals surface area contributed by atoms with Crippen molar-refractivity contribution >= 4 is 5.78 Å². The molecule has 0 bridgehead atoms. The van der Waals surface area contributed by atoms with Gasteiger partial charge in [-0.1, -0.05) is 31.2 Å². The summed E-state index contributed by atoms with van der Waals surface area (Å²) in [5, 5.41) is 0. The monoisotopic (exact) mass is 242 g/mol. The minimum atomic E-state index is 0.193. The van der Waals surface area contributed by atoms with Gasteiger partial charge in [-0.05, 0) is 36.1 Å². The van der Waals surface area contributed by atoms with Crippen LogP contribution in [-0.4, -0.2) is 12.9 Å². The standard InChI is InChI=1S/C16H18O2/c1-12(13-5-3-4-6-13)11-16(17)14-7-9-15(18-2)10-8-14/h3-10,12-13H,11H2,1-2H3. The summed E-state index contributed by atoms with van der Waals surface area (Å²) in [4.78, 5) is 12.1. The van der Waals surface area contributed by atoms with E-state index in [1.165, 1.54) is 0 Å². The lowest BCUT2D eigenvalue weighted by Gasteiger charge is -2.15. The molecule has 0 aliphatic heterocycles. The van der Waals surface area contributed by atoms with Crippen molar-refractivity contribution in [3.63, 3.8) is 0 Å². The Hall–Kier alpha value is -1.83. The predicted octanol–water partition coefficient (Wildman–Crippen LogP) is 3.65. The maximum atomic E-state index is 12.1. The number of hydrogen-bond donors (Lipinski definition) is 0. The van der Waals surface area contributed by atoms with Crippen LogP contribution in [0.25, 0.3) is 0 Å². The second-order valence-electron chi connectivity index (χ2n) is 4.68. The Labute approximate surface area is 108 Å². The summed E-state index contributed by atoms with van der Waals surface area (Å²) in [6, 6.07) is 7.31. The first-order chi connectivity index (χ1) is 8.70. The maximum absolute atomic E-state index is 12.1. The van der Waals surface area contributed by atoms with E-state index in [1.54, 1.807) is 7.11 Å². The summed E-state index contributed by atoms with van der Waals surface area (Å²) in [5.74, 6) is 1.71. The number of allylic oxidation sites excluding steroid dienone is 4. The molecule has 0 radical (unpaired) electrons. The van der Waals surface area contributed by atoms with E-state index >= 15 is 0 Å². The van der Waals surface area contributed by atoms with E-state index in [1.807, 2.05) is 36.4 Å². The summed E-state index contributed by atoms with van der Waals surface area (Å²) >= 11 is 0. The summed E-state index contributed by atoms with van der Waals surface area (Å²) in [6.45, 7) is 2.12. The van der Waals surface area contributed by atoms with E-state index in [2.05, 4.69) is 19.1 Å². The number of Topliss-reactive ketones (excluding diaryl/α,β-unsaturated/α-hetero) is 1. The minimum Gasteiger partial charge on any atom is -0.497 e. The third-order valence-corrected chi connectivity index (χ3v) is 3.35. The quantitative estimate of drug-likeness (QED) is 0.737. The zero-order valence-corrected chi connectivity index (χ0v) is 10.8. The molecule has 2 rings (SSSR count). The number of ether oxygens (including phenoxy) is 1.